The van der Waals surface area contributed by atoms with E-state index in [0.717, 1.165) is 15.8 Å². The zero-order valence-corrected chi connectivity index (χ0v) is 11.7. The molecular formula is C13H15N3O2S. The van der Waals surface area contributed by atoms with Gasteiger partial charge in [0.1, 0.15) is 21.9 Å². The van der Waals surface area contributed by atoms with Gasteiger partial charge in [-0.25, -0.2) is 14.8 Å². The number of aryl methyl sites for hydroxylation is 1. The minimum Gasteiger partial charge on any atom is -0.462 e. The summed E-state index contributed by atoms with van der Waals surface area (Å²) in [5.41, 5.74) is 0.852. The van der Waals surface area contributed by atoms with Crippen molar-refractivity contribution in [3.05, 3.63) is 29.4 Å². The number of hydrogen-bond acceptors (Lipinski definition) is 6. The number of fused-ring (bicyclic) bond motifs is 1. The molecule has 2 aromatic rings. The Bertz CT molecular complexity index is 622. The second-order valence-electron chi connectivity index (χ2n) is 3.85. The fourth-order valence-electron chi connectivity index (χ4n) is 1.77. The van der Waals surface area contributed by atoms with Crippen LogP contribution in [0.1, 0.15) is 22.2 Å². The molecule has 0 spiro atoms. The van der Waals surface area contributed by atoms with E-state index in [1.165, 1.54) is 17.7 Å². The van der Waals surface area contributed by atoms with Gasteiger partial charge < -0.3 is 10.1 Å². The van der Waals surface area contributed by atoms with Gasteiger partial charge in [-0.1, -0.05) is 6.08 Å². The van der Waals surface area contributed by atoms with Crippen LogP contribution in [0.5, 0.6) is 0 Å². The Labute approximate surface area is 115 Å². The summed E-state index contributed by atoms with van der Waals surface area (Å²) in [5.74, 6) is 0.409. The van der Waals surface area contributed by atoms with Crippen LogP contribution in [0.4, 0.5) is 5.82 Å². The lowest BCUT2D eigenvalue weighted by atomic mass is 10.2. The van der Waals surface area contributed by atoms with Crippen molar-refractivity contribution in [1.29, 1.82) is 0 Å². The molecule has 0 aliphatic rings. The van der Waals surface area contributed by atoms with Crippen molar-refractivity contribution in [3.8, 4) is 0 Å². The van der Waals surface area contributed by atoms with Crippen molar-refractivity contribution in [3.63, 3.8) is 0 Å². The molecule has 0 bridgehead atoms. The number of hydrogen-bond donors (Lipinski definition) is 1. The number of esters is 1. The first-order chi connectivity index (χ1) is 9.19. The van der Waals surface area contributed by atoms with Gasteiger partial charge in [0.05, 0.1) is 12.0 Å². The lowest BCUT2D eigenvalue weighted by Gasteiger charge is -2.04. The summed E-state index contributed by atoms with van der Waals surface area (Å²) in [4.78, 5) is 21.6. The molecule has 2 rings (SSSR count). The monoisotopic (exact) mass is 277 g/mol. The smallest absolute Gasteiger partial charge is 0.348 e. The van der Waals surface area contributed by atoms with E-state index in [-0.39, 0.29) is 5.97 Å². The molecule has 0 saturated heterocycles. The third-order valence-electron chi connectivity index (χ3n) is 2.60. The molecule has 100 valence electrons. The van der Waals surface area contributed by atoms with Crippen LogP contribution in [-0.2, 0) is 4.74 Å². The molecule has 1 N–H and O–H groups in total. The van der Waals surface area contributed by atoms with Crippen molar-refractivity contribution in [2.24, 2.45) is 0 Å². The molecule has 0 atom stereocenters. The molecule has 0 fully saturated rings. The van der Waals surface area contributed by atoms with Crippen molar-refractivity contribution < 1.29 is 9.53 Å². The topological polar surface area (TPSA) is 64.1 Å². The van der Waals surface area contributed by atoms with Crippen LogP contribution in [-0.4, -0.2) is 29.1 Å². The average Bonchev–Trinajstić information content (AvgIpc) is 2.75. The largest absolute Gasteiger partial charge is 0.462 e. The standard InChI is InChI=1S/C13H15N3O2S/c1-4-6-14-11-9-8(3)10(13(17)18-5-2)19-12(9)16-7-15-11/h4,7H,1,5-6H2,2-3H3,(H,14,15,16). The summed E-state index contributed by atoms with van der Waals surface area (Å²) in [6.07, 6.45) is 3.24. The Balaban J connectivity index is 2.50. The van der Waals surface area contributed by atoms with Crippen LogP contribution in [0, 0.1) is 6.92 Å². The lowest BCUT2D eigenvalue weighted by Crippen LogP contribution is -2.04. The molecule has 0 saturated carbocycles. The molecule has 0 aliphatic heterocycles. The Kier molecular flexibility index (Phi) is 4.11. The highest BCUT2D eigenvalue weighted by Gasteiger charge is 2.19. The second kappa shape index (κ2) is 5.79. The van der Waals surface area contributed by atoms with Gasteiger partial charge >= 0.3 is 5.97 Å². The molecular weight excluding hydrogens is 262 g/mol. The summed E-state index contributed by atoms with van der Waals surface area (Å²) in [7, 11) is 0. The quantitative estimate of drug-likeness (QED) is 0.672. The van der Waals surface area contributed by atoms with Gasteiger partial charge in [-0.15, -0.1) is 17.9 Å². The fourth-order valence-corrected chi connectivity index (χ4v) is 2.81. The highest BCUT2D eigenvalue weighted by molar-refractivity contribution is 7.20. The number of ether oxygens (including phenoxy) is 1. The number of nitrogens with zero attached hydrogens (tertiary/aromatic N) is 2. The number of nitrogens with one attached hydrogen (secondary N) is 1. The van der Waals surface area contributed by atoms with Crippen LogP contribution in [0.2, 0.25) is 0 Å². The first-order valence-electron chi connectivity index (χ1n) is 5.95. The first kappa shape index (κ1) is 13.5. The molecule has 2 heterocycles. The number of rotatable bonds is 5. The van der Waals surface area contributed by atoms with Crippen LogP contribution >= 0.6 is 11.3 Å². The van der Waals surface area contributed by atoms with Gasteiger partial charge in [0, 0.05) is 6.54 Å². The zero-order chi connectivity index (χ0) is 13.8. The minimum atomic E-state index is -0.308. The van der Waals surface area contributed by atoms with Crippen molar-refractivity contribution >= 4 is 33.3 Å². The summed E-state index contributed by atoms with van der Waals surface area (Å²) < 4.78 is 5.05. The maximum absolute atomic E-state index is 11.9. The molecule has 0 aliphatic carbocycles. The van der Waals surface area contributed by atoms with E-state index in [4.69, 9.17) is 4.74 Å². The Morgan fingerprint density at radius 2 is 2.37 bits per heavy atom. The summed E-state index contributed by atoms with van der Waals surface area (Å²) >= 11 is 1.33. The molecule has 6 heteroatoms. The Hall–Kier alpha value is -1.95. The normalized spacial score (nSPS) is 10.4. The van der Waals surface area contributed by atoms with E-state index in [0.29, 0.717) is 23.8 Å². The maximum Gasteiger partial charge on any atom is 0.348 e. The zero-order valence-electron chi connectivity index (χ0n) is 10.9. The van der Waals surface area contributed by atoms with E-state index >= 15 is 0 Å². The van der Waals surface area contributed by atoms with Gasteiger partial charge in [-0.05, 0) is 19.4 Å². The van der Waals surface area contributed by atoms with Gasteiger partial charge in [0.2, 0.25) is 0 Å². The molecule has 2 aromatic heterocycles. The van der Waals surface area contributed by atoms with Gasteiger partial charge in [0.25, 0.3) is 0 Å². The minimum absolute atomic E-state index is 0.308. The molecule has 0 unspecified atom stereocenters. The van der Waals surface area contributed by atoms with Gasteiger partial charge in [-0.2, -0.15) is 0 Å². The SMILES string of the molecule is C=CCNc1ncnc2sc(C(=O)OCC)c(C)c12. The number of carbonyl (C=O) groups excluding carboxylic acids is 1. The van der Waals surface area contributed by atoms with Crippen molar-refractivity contribution in [2.75, 3.05) is 18.5 Å². The summed E-state index contributed by atoms with van der Waals surface area (Å²) in [5, 5.41) is 4.02. The average molecular weight is 277 g/mol. The predicted octanol–water partition coefficient (Wildman–Crippen LogP) is 2.77. The molecule has 5 nitrogen and oxygen atoms in total. The number of carbonyl (C=O) groups is 1. The fraction of sp³-hybridized carbons (Fsp3) is 0.308. The third-order valence-corrected chi connectivity index (χ3v) is 3.78. The van der Waals surface area contributed by atoms with E-state index in [1.54, 1.807) is 13.0 Å². The summed E-state index contributed by atoms with van der Waals surface area (Å²) in [6.45, 7) is 8.30. The van der Waals surface area contributed by atoms with Gasteiger partial charge in [-0.3, -0.25) is 0 Å². The molecule has 0 aromatic carbocycles. The number of aromatic nitrogens is 2. The Morgan fingerprint density at radius 1 is 1.58 bits per heavy atom. The second-order valence-corrected chi connectivity index (χ2v) is 4.85. The van der Waals surface area contributed by atoms with Crippen LogP contribution in [0.3, 0.4) is 0 Å². The summed E-state index contributed by atoms with van der Waals surface area (Å²) in [6, 6.07) is 0. The van der Waals surface area contributed by atoms with Crippen LogP contribution < -0.4 is 5.32 Å². The van der Waals surface area contributed by atoms with E-state index < -0.39 is 0 Å². The van der Waals surface area contributed by atoms with E-state index in [9.17, 15) is 4.79 Å². The first-order valence-corrected chi connectivity index (χ1v) is 6.76. The highest BCUT2D eigenvalue weighted by Crippen LogP contribution is 2.33. The number of anilines is 1. The van der Waals surface area contributed by atoms with Crippen LogP contribution in [0.15, 0.2) is 19.0 Å². The van der Waals surface area contributed by atoms with Gasteiger partial charge in [0.15, 0.2) is 0 Å². The van der Waals surface area contributed by atoms with Crippen molar-refractivity contribution in [1.82, 2.24) is 9.97 Å². The molecule has 19 heavy (non-hydrogen) atoms. The Morgan fingerprint density at radius 3 is 3.05 bits per heavy atom. The number of thiophene rings is 1. The predicted molar refractivity (Wildman–Crippen MR) is 76.8 cm³/mol. The van der Waals surface area contributed by atoms with Crippen LogP contribution in [0.25, 0.3) is 10.2 Å². The van der Waals surface area contributed by atoms with E-state index in [1.807, 2.05) is 6.92 Å². The molecule has 0 amide bonds. The highest BCUT2D eigenvalue weighted by atomic mass is 32.1. The van der Waals surface area contributed by atoms with Crippen molar-refractivity contribution in [2.45, 2.75) is 13.8 Å². The maximum atomic E-state index is 11.9. The van der Waals surface area contributed by atoms with E-state index in [2.05, 4.69) is 21.9 Å². The lowest BCUT2D eigenvalue weighted by molar-refractivity contribution is 0.0531. The third kappa shape index (κ3) is 2.58. The molecule has 0 radical (unpaired) electrons.